The molecule has 0 aromatic carbocycles. The van der Waals surface area contributed by atoms with Crippen LogP contribution in [0, 0.1) is 0 Å². The summed E-state index contributed by atoms with van der Waals surface area (Å²) in [6.07, 6.45) is 86.7. The summed E-state index contributed by atoms with van der Waals surface area (Å²) in [5.41, 5.74) is 0. The van der Waals surface area contributed by atoms with Crippen molar-refractivity contribution in [2.45, 2.75) is 398 Å². The first-order valence-corrected chi connectivity index (χ1v) is 35.3. The molecule has 6 nitrogen and oxygen atoms in total. The fraction of sp³-hybridized carbons (Fsp3) is 0.889. The maximum absolute atomic E-state index is 12.4. The molecule has 0 aliphatic heterocycles. The predicted octanol–water partition coefficient (Wildman–Crippen LogP) is 22.7. The Morgan fingerprint density at radius 3 is 0.974 bits per heavy atom. The van der Waals surface area contributed by atoms with Gasteiger partial charge in [-0.25, -0.2) is 0 Å². The number of hydrogen-bond donors (Lipinski definition) is 3. The van der Waals surface area contributed by atoms with Crippen molar-refractivity contribution < 1.29 is 24.5 Å². The fourth-order valence-corrected chi connectivity index (χ4v) is 11.0. The Morgan fingerprint density at radius 2 is 0.641 bits per heavy atom. The summed E-state index contributed by atoms with van der Waals surface area (Å²) < 4.78 is 5.50. The quantitative estimate of drug-likeness (QED) is 0.0320. The highest BCUT2D eigenvalue weighted by molar-refractivity contribution is 5.76. The monoisotopic (exact) mass is 1100 g/mol. The maximum atomic E-state index is 12.4. The third-order valence-electron chi connectivity index (χ3n) is 16.4. The van der Waals surface area contributed by atoms with Crippen LogP contribution in [0.25, 0.3) is 0 Å². The molecular formula is C72H137NO5. The average Bonchev–Trinajstić information content (AvgIpc) is 3.44. The Hall–Kier alpha value is -1.92. The molecule has 0 radical (unpaired) electrons. The van der Waals surface area contributed by atoms with Gasteiger partial charge >= 0.3 is 5.97 Å². The van der Waals surface area contributed by atoms with Crippen molar-refractivity contribution in [2.75, 3.05) is 13.2 Å². The zero-order chi connectivity index (χ0) is 56.4. The predicted molar refractivity (Wildman–Crippen MR) is 343 cm³/mol. The first-order valence-electron chi connectivity index (χ1n) is 35.3. The van der Waals surface area contributed by atoms with Gasteiger partial charge in [0, 0.05) is 12.8 Å². The number of nitrogens with one attached hydrogen (secondary N) is 1. The lowest BCUT2D eigenvalue weighted by Gasteiger charge is -2.20. The average molecular weight is 1100 g/mol. The van der Waals surface area contributed by atoms with Crippen LogP contribution in [0.3, 0.4) is 0 Å². The van der Waals surface area contributed by atoms with Crippen molar-refractivity contribution >= 4 is 11.9 Å². The Bertz CT molecular complexity index is 1260. The number of amides is 1. The molecule has 460 valence electrons. The van der Waals surface area contributed by atoms with Gasteiger partial charge in [-0.15, -0.1) is 0 Å². The molecule has 0 bridgehead atoms. The summed E-state index contributed by atoms with van der Waals surface area (Å²) in [5, 5.41) is 23.0. The van der Waals surface area contributed by atoms with Gasteiger partial charge < -0.3 is 20.3 Å². The molecule has 78 heavy (non-hydrogen) atoms. The van der Waals surface area contributed by atoms with Crippen LogP contribution in [0.5, 0.6) is 0 Å². The van der Waals surface area contributed by atoms with Gasteiger partial charge in [-0.3, -0.25) is 9.59 Å². The number of unbranched alkanes of at least 4 members (excludes halogenated alkanes) is 51. The highest BCUT2D eigenvalue weighted by atomic mass is 16.5. The molecule has 6 heteroatoms. The van der Waals surface area contributed by atoms with Crippen LogP contribution >= 0.6 is 0 Å². The summed E-state index contributed by atoms with van der Waals surface area (Å²) in [6, 6.07) is -0.624. The van der Waals surface area contributed by atoms with Gasteiger partial charge in [0.2, 0.25) is 5.91 Å². The number of aliphatic hydroxyl groups is 2. The number of ether oxygens (including phenoxy) is 1. The van der Waals surface area contributed by atoms with Crippen LogP contribution in [-0.2, 0) is 14.3 Å². The highest BCUT2D eigenvalue weighted by Gasteiger charge is 2.18. The van der Waals surface area contributed by atoms with E-state index in [-0.39, 0.29) is 18.5 Å². The van der Waals surface area contributed by atoms with Crippen LogP contribution in [0.4, 0.5) is 0 Å². The maximum Gasteiger partial charge on any atom is 0.305 e. The second kappa shape index (κ2) is 67.6. The summed E-state index contributed by atoms with van der Waals surface area (Å²) in [4.78, 5) is 24.5. The van der Waals surface area contributed by atoms with Crippen molar-refractivity contribution in [3.05, 3.63) is 36.5 Å². The Labute approximate surface area is 487 Å². The van der Waals surface area contributed by atoms with E-state index in [0.717, 1.165) is 44.9 Å². The molecular weight excluding hydrogens is 959 g/mol. The number of carbonyl (C=O) groups excluding carboxylic acids is 2. The van der Waals surface area contributed by atoms with Crippen molar-refractivity contribution in [2.24, 2.45) is 0 Å². The third kappa shape index (κ3) is 63.3. The van der Waals surface area contributed by atoms with E-state index in [4.69, 9.17) is 4.74 Å². The van der Waals surface area contributed by atoms with Crippen molar-refractivity contribution in [1.82, 2.24) is 5.32 Å². The molecule has 0 aliphatic carbocycles. The van der Waals surface area contributed by atoms with E-state index in [2.05, 4.69) is 43.5 Å². The van der Waals surface area contributed by atoms with Crippen LogP contribution in [0.1, 0.15) is 386 Å². The molecule has 0 heterocycles. The van der Waals surface area contributed by atoms with Crippen LogP contribution < -0.4 is 5.32 Å². The first kappa shape index (κ1) is 76.1. The summed E-state index contributed by atoms with van der Waals surface area (Å²) in [6.45, 7) is 4.91. The fourth-order valence-electron chi connectivity index (χ4n) is 11.0. The molecule has 0 aromatic rings. The minimum absolute atomic E-state index is 0.0203. The minimum atomic E-state index is -0.841. The van der Waals surface area contributed by atoms with Gasteiger partial charge in [0.15, 0.2) is 0 Å². The second-order valence-corrected chi connectivity index (χ2v) is 24.2. The first-order chi connectivity index (χ1) is 38.5. The number of aliphatic hydroxyl groups excluding tert-OH is 2. The molecule has 0 fully saturated rings. The molecule has 2 atom stereocenters. The molecule has 0 aliphatic rings. The minimum Gasteiger partial charge on any atom is -0.466 e. The smallest absolute Gasteiger partial charge is 0.305 e. The zero-order valence-electron chi connectivity index (χ0n) is 52.7. The normalized spacial score (nSPS) is 12.7. The molecule has 0 aromatic heterocycles. The van der Waals surface area contributed by atoms with E-state index < -0.39 is 12.1 Å². The number of rotatable bonds is 66. The van der Waals surface area contributed by atoms with Gasteiger partial charge in [0.1, 0.15) is 0 Å². The third-order valence-corrected chi connectivity index (χ3v) is 16.4. The molecule has 1 amide bonds. The van der Waals surface area contributed by atoms with E-state index in [1.807, 2.05) is 6.08 Å². The topological polar surface area (TPSA) is 95.9 Å². The van der Waals surface area contributed by atoms with Gasteiger partial charge in [0.25, 0.3) is 0 Å². The van der Waals surface area contributed by atoms with Gasteiger partial charge in [0.05, 0.1) is 25.4 Å². The zero-order valence-corrected chi connectivity index (χ0v) is 52.7. The Kier molecular flexibility index (Phi) is 65.9. The lowest BCUT2D eigenvalue weighted by atomic mass is 10.0. The number of esters is 1. The van der Waals surface area contributed by atoms with Gasteiger partial charge in [-0.05, 0) is 64.2 Å². The van der Waals surface area contributed by atoms with Crippen LogP contribution in [0.15, 0.2) is 36.5 Å². The highest BCUT2D eigenvalue weighted by Crippen LogP contribution is 2.18. The van der Waals surface area contributed by atoms with Crippen molar-refractivity contribution in [3.8, 4) is 0 Å². The van der Waals surface area contributed by atoms with Crippen molar-refractivity contribution in [3.63, 3.8) is 0 Å². The largest absolute Gasteiger partial charge is 0.466 e. The van der Waals surface area contributed by atoms with E-state index in [1.165, 1.54) is 315 Å². The second-order valence-electron chi connectivity index (χ2n) is 24.2. The molecule has 0 saturated carbocycles. The standard InChI is InChI=1S/C72H137NO5/c1-3-5-7-9-11-13-15-16-17-40-43-46-50-54-58-62-66-72(77)78-67-63-59-55-51-47-44-41-38-36-34-32-30-28-26-24-22-20-18-19-21-23-25-27-29-31-33-35-37-39-42-45-49-53-57-61-65-71(76)73-69(68-74)70(75)64-60-56-52-48-14-12-10-8-6-4-2/h20,22,26,28,60,64,69-70,74-75H,3-19,21,23-25,27,29-59,61-63,65-68H2,1-2H3,(H,73,76)/b22-20-,28-26-,64-60+. The van der Waals surface area contributed by atoms with E-state index in [9.17, 15) is 19.8 Å². The molecule has 0 saturated heterocycles. The summed E-state index contributed by atoms with van der Waals surface area (Å²) >= 11 is 0. The van der Waals surface area contributed by atoms with Crippen LogP contribution in [-0.4, -0.2) is 47.4 Å². The van der Waals surface area contributed by atoms with E-state index >= 15 is 0 Å². The van der Waals surface area contributed by atoms with Crippen molar-refractivity contribution in [1.29, 1.82) is 0 Å². The lowest BCUT2D eigenvalue weighted by molar-refractivity contribution is -0.143. The SMILES string of the molecule is CCCCCCCCCC/C=C/C(O)C(CO)NC(=O)CCCCCCCCCCCCCCCCCCC/C=C\C/C=C\CCCCCCCCCCCCCOC(=O)CCCCCCCCCCCCCCCCCC. The van der Waals surface area contributed by atoms with Gasteiger partial charge in [-0.1, -0.05) is 346 Å². The number of hydrogen-bond acceptors (Lipinski definition) is 5. The number of carbonyl (C=O) groups is 2. The Morgan fingerprint density at radius 1 is 0.359 bits per heavy atom. The lowest BCUT2D eigenvalue weighted by Crippen LogP contribution is -2.45. The molecule has 0 spiro atoms. The van der Waals surface area contributed by atoms with Gasteiger partial charge in [-0.2, -0.15) is 0 Å². The molecule has 3 N–H and O–H groups in total. The summed E-state index contributed by atoms with van der Waals surface area (Å²) in [5.74, 6) is -0.0461. The number of allylic oxidation sites excluding steroid dienone is 5. The van der Waals surface area contributed by atoms with Crippen LogP contribution in [0.2, 0.25) is 0 Å². The van der Waals surface area contributed by atoms with E-state index in [1.54, 1.807) is 6.08 Å². The Balaban J connectivity index is 3.35. The van der Waals surface area contributed by atoms with E-state index in [0.29, 0.717) is 19.4 Å². The molecule has 2 unspecified atom stereocenters. The summed E-state index contributed by atoms with van der Waals surface area (Å²) in [7, 11) is 0. The molecule has 0 rings (SSSR count).